The molecule has 0 aliphatic carbocycles. The molecule has 118 valence electrons. The number of hydrogen-bond donors (Lipinski definition) is 1. The van der Waals surface area contributed by atoms with E-state index in [0.29, 0.717) is 12.2 Å². The van der Waals surface area contributed by atoms with Crippen LogP contribution in [0.15, 0.2) is 30.3 Å². The van der Waals surface area contributed by atoms with Crippen molar-refractivity contribution in [1.29, 1.82) is 0 Å². The van der Waals surface area contributed by atoms with Crippen LogP contribution in [-0.2, 0) is 13.1 Å². The summed E-state index contributed by atoms with van der Waals surface area (Å²) in [6.45, 7) is 3.49. The molecule has 0 aliphatic rings. The Morgan fingerprint density at radius 1 is 0.955 bits per heavy atom. The van der Waals surface area contributed by atoms with E-state index in [0.717, 1.165) is 23.4 Å². The van der Waals surface area contributed by atoms with E-state index in [9.17, 15) is 5.11 Å². The molecule has 0 bridgehead atoms. The first-order chi connectivity index (χ1) is 10.4. The molecule has 1 heterocycles. The Bertz CT molecular complexity index is 634. The second kappa shape index (κ2) is 6.90. The van der Waals surface area contributed by atoms with Gasteiger partial charge in [0, 0.05) is 24.2 Å². The van der Waals surface area contributed by atoms with E-state index in [-0.39, 0.29) is 5.75 Å². The number of pyridine rings is 1. The summed E-state index contributed by atoms with van der Waals surface area (Å²) in [4.78, 5) is 8.80. The lowest BCUT2D eigenvalue weighted by Gasteiger charge is -2.17. The summed E-state index contributed by atoms with van der Waals surface area (Å²) in [5.41, 5.74) is 4.68. The highest BCUT2D eigenvalue weighted by molar-refractivity contribution is 5.68. The molecule has 0 saturated carbocycles. The van der Waals surface area contributed by atoms with Gasteiger partial charge in [0.2, 0.25) is 0 Å². The smallest absolute Gasteiger partial charge is 0.146 e. The maximum atomic E-state index is 10.6. The largest absolute Gasteiger partial charge is 0.505 e. The Kier molecular flexibility index (Phi) is 5.16. The first kappa shape index (κ1) is 16.5. The second-order valence-corrected chi connectivity index (χ2v) is 6.31. The quantitative estimate of drug-likeness (QED) is 0.921. The molecule has 0 saturated heterocycles. The van der Waals surface area contributed by atoms with E-state index in [1.807, 2.05) is 63.4 Å². The lowest BCUT2D eigenvalue weighted by atomic mass is 10.0. The van der Waals surface area contributed by atoms with Crippen molar-refractivity contribution in [3.05, 3.63) is 47.2 Å². The van der Waals surface area contributed by atoms with Gasteiger partial charge in [-0.1, -0.05) is 29.8 Å². The molecule has 0 radical (unpaired) electrons. The van der Waals surface area contributed by atoms with Gasteiger partial charge in [0.25, 0.3) is 0 Å². The molecule has 0 aliphatic heterocycles. The molecule has 1 aromatic carbocycles. The normalized spacial score (nSPS) is 11.4. The number of aromatic hydroxyl groups is 1. The van der Waals surface area contributed by atoms with Crippen molar-refractivity contribution in [2.45, 2.75) is 20.0 Å². The summed E-state index contributed by atoms with van der Waals surface area (Å²) in [5.74, 6) is 0.278. The van der Waals surface area contributed by atoms with Gasteiger partial charge in [-0.25, -0.2) is 4.98 Å². The van der Waals surface area contributed by atoms with Gasteiger partial charge in [-0.15, -0.1) is 0 Å². The van der Waals surface area contributed by atoms with Crippen molar-refractivity contribution in [1.82, 2.24) is 14.8 Å². The van der Waals surface area contributed by atoms with Gasteiger partial charge in [0.15, 0.2) is 0 Å². The molecule has 0 spiro atoms. The maximum Gasteiger partial charge on any atom is 0.146 e. The van der Waals surface area contributed by atoms with Crippen molar-refractivity contribution in [2.75, 3.05) is 28.2 Å². The van der Waals surface area contributed by atoms with E-state index in [2.05, 4.69) is 16.8 Å². The van der Waals surface area contributed by atoms with Gasteiger partial charge in [-0.05, 0) is 41.2 Å². The number of benzene rings is 1. The van der Waals surface area contributed by atoms with Crippen molar-refractivity contribution < 1.29 is 5.11 Å². The molecule has 22 heavy (non-hydrogen) atoms. The first-order valence-electron chi connectivity index (χ1n) is 7.45. The fourth-order valence-corrected chi connectivity index (χ4v) is 2.43. The summed E-state index contributed by atoms with van der Waals surface area (Å²) in [6, 6.07) is 10.1. The maximum absolute atomic E-state index is 10.6. The fourth-order valence-electron chi connectivity index (χ4n) is 2.43. The zero-order chi connectivity index (χ0) is 16.3. The number of aromatic nitrogens is 1. The molecule has 4 nitrogen and oxygen atoms in total. The summed E-state index contributed by atoms with van der Waals surface area (Å²) >= 11 is 0. The van der Waals surface area contributed by atoms with Gasteiger partial charge in [-0.2, -0.15) is 0 Å². The Balaban J connectivity index is 2.52. The summed E-state index contributed by atoms with van der Waals surface area (Å²) in [6.07, 6.45) is 0. The summed E-state index contributed by atoms with van der Waals surface area (Å²) in [7, 11) is 8.03. The van der Waals surface area contributed by atoms with Gasteiger partial charge in [-0.3, -0.25) is 0 Å². The lowest BCUT2D eigenvalue weighted by Crippen LogP contribution is -2.15. The first-order valence-corrected chi connectivity index (χ1v) is 7.45. The average molecular weight is 299 g/mol. The standard InChI is InChI=1S/C18H25N3O/c1-13-6-8-14(9-7-13)17-18(22)15(11-20(2)3)10-16(19-17)12-21(4)5/h6-10,22H,11-12H2,1-5H3. The molecule has 2 rings (SSSR count). The molecule has 4 heteroatoms. The fraction of sp³-hybridized carbons (Fsp3) is 0.389. The minimum absolute atomic E-state index is 0.278. The molecular weight excluding hydrogens is 274 g/mol. The van der Waals surface area contributed by atoms with Crippen LogP contribution in [-0.4, -0.2) is 48.1 Å². The van der Waals surface area contributed by atoms with Crippen molar-refractivity contribution in [3.63, 3.8) is 0 Å². The third-order valence-electron chi connectivity index (χ3n) is 3.41. The predicted octanol–water partition coefficient (Wildman–Crippen LogP) is 2.89. The van der Waals surface area contributed by atoms with Gasteiger partial charge < -0.3 is 14.9 Å². The summed E-state index contributed by atoms with van der Waals surface area (Å²) < 4.78 is 0. The molecule has 1 aromatic heterocycles. The van der Waals surface area contributed by atoms with E-state index < -0.39 is 0 Å². The topological polar surface area (TPSA) is 39.6 Å². The molecular formula is C18H25N3O. The van der Waals surface area contributed by atoms with Crippen LogP contribution in [0.4, 0.5) is 0 Å². The molecule has 0 fully saturated rings. The van der Waals surface area contributed by atoms with Crippen LogP contribution in [0.25, 0.3) is 11.3 Å². The SMILES string of the molecule is Cc1ccc(-c2nc(CN(C)C)cc(CN(C)C)c2O)cc1. The zero-order valence-corrected chi connectivity index (χ0v) is 14.1. The number of rotatable bonds is 5. The molecule has 0 unspecified atom stereocenters. The van der Waals surface area contributed by atoms with Crippen LogP contribution < -0.4 is 0 Å². The molecule has 0 atom stereocenters. The number of aryl methyl sites for hydroxylation is 1. The Labute approximate surface area is 133 Å². The average Bonchev–Trinajstić information content (AvgIpc) is 2.42. The van der Waals surface area contributed by atoms with Crippen molar-refractivity contribution in [3.8, 4) is 17.0 Å². The van der Waals surface area contributed by atoms with Crippen LogP contribution in [0.2, 0.25) is 0 Å². The predicted molar refractivity (Wildman–Crippen MR) is 90.9 cm³/mol. The van der Waals surface area contributed by atoms with Crippen LogP contribution in [0.3, 0.4) is 0 Å². The molecule has 2 aromatic rings. The summed E-state index contributed by atoms with van der Waals surface area (Å²) in [5, 5.41) is 10.6. The lowest BCUT2D eigenvalue weighted by molar-refractivity contribution is 0.379. The van der Waals surface area contributed by atoms with Gasteiger partial charge >= 0.3 is 0 Å². The highest BCUT2D eigenvalue weighted by atomic mass is 16.3. The second-order valence-electron chi connectivity index (χ2n) is 6.31. The van der Waals surface area contributed by atoms with Gasteiger partial charge in [0.05, 0.1) is 5.69 Å². The highest BCUT2D eigenvalue weighted by Gasteiger charge is 2.14. The van der Waals surface area contributed by atoms with Crippen LogP contribution in [0, 0.1) is 6.92 Å². The number of nitrogens with zero attached hydrogens (tertiary/aromatic N) is 3. The Hall–Kier alpha value is -1.91. The van der Waals surface area contributed by atoms with E-state index in [1.165, 1.54) is 5.56 Å². The molecule has 0 amide bonds. The van der Waals surface area contributed by atoms with E-state index in [1.54, 1.807) is 0 Å². The van der Waals surface area contributed by atoms with Crippen LogP contribution in [0.1, 0.15) is 16.8 Å². The zero-order valence-electron chi connectivity index (χ0n) is 14.1. The highest BCUT2D eigenvalue weighted by Crippen LogP contribution is 2.32. The monoisotopic (exact) mass is 299 g/mol. The third kappa shape index (κ3) is 4.06. The molecule has 1 N–H and O–H groups in total. The van der Waals surface area contributed by atoms with Crippen molar-refractivity contribution >= 4 is 0 Å². The Morgan fingerprint density at radius 3 is 2.09 bits per heavy atom. The van der Waals surface area contributed by atoms with Crippen LogP contribution in [0.5, 0.6) is 5.75 Å². The van der Waals surface area contributed by atoms with E-state index >= 15 is 0 Å². The minimum atomic E-state index is 0.278. The minimum Gasteiger partial charge on any atom is -0.505 e. The van der Waals surface area contributed by atoms with Gasteiger partial charge in [0.1, 0.15) is 11.4 Å². The number of hydrogen-bond acceptors (Lipinski definition) is 4. The van der Waals surface area contributed by atoms with Crippen molar-refractivity contribution in [2.24, 2.45) is 0 Å². The Morgan fingerprint density at radius 2 is 1.55 bits per heavy atom. The third-order valence-corrected chi connectivity index (χ3v) is 3.41. The van der Waals surface area contributed by atoms with Crippen LogP contribution >= 0.6 is 0 Å². The van der Waals surface area contributed by atoms with E-state index in [4.69, 9.17) is 0 Å².